The number of rotatable bonds is 12. The van der Waals surface area contributed by atoms with Crippen molar-refractivity contribution in [1.82, 2.24) is 9.72 Å². The SMILES string of the molecule is C=CC(=O)OP1(OC(=O)C=C)=N[P+](OC(=O)C=C)(OC(=O)C=C)N[P+](OC(=O)C=C)(OC(=O)C=C)N1. The van der Waals surface area contributed by atoms with Crippen molar-refractivity contribution in [2.75, 3.05) is 0 Å². The summed E-state index contributed by atoms with van der Waals surface area (Å²) in [5, 5.41) is 0. The van der Waals surface area contributed by atoms with Crippen LogP contribution in [0.5, 0.6) is 0 Å². The van der Waals surface area contributed by atoms with Gasteiger partial charge in [0.2, 0.25) is 0 Å². The first-order chi connectivity index (χ1) is 16.8. The molecule has 0 spiro atoms. The van der Waals surface area contributed by atoms with E-state index in [0.29, 0.717) is 36.5 Å². The molecule has 192 valence electrons. The van der Waals surface area contributed by atoms with E-state index in [9.17, 15) is 28.8 Å². The van der Waals surface area contributed by atoms with Crippen molar-refractivity contribution in [2.45, 2.75) is 0 Å². The lowest BCUT2D eigenvalue weighted by Gasteiger charge is -2.30. The van der Waals surface area contributed by atoms with Crippen LogP contribution >= 0.6 is 23.7 Å². The van der Waals surface area contributed by atoms with Gasteiger partial charge >= 0.3 is 59.5 Å². The Balaban J connectivity index is 4.13. The van der Waals surface area contributed by atoms with Crippen LogP contribution in [0.1, 0.15) is 0 Å². The Morgan fingerprint density at radius 3 is 1.25 bits per heavy atom. The van der Waals surface area contributed by atoms with E-state index in [4.69, 9.17) is 27.1 Å². The lowest BCUT2D eigenvalue weighted by molar-refractivity contribution is -0.133. The second-order valence-electron chi connectivity index (χ2n) is 5.57. The zero-order chi connectivity index (χ0) is 27.6. The minimum Gasteiger partial charge on any atom is -0.378 e. The monoisotopic (exact) mass is 563 g/mol. The molecule has 18 heteroatoms. The van der Waals surface area contributed by atoms with Crippen molar-refractivity contribution in [1.29, 1.82) is 0 Å². The molecule has 0 aliphatic carbocycles. The van der Waals surface area contributed by atoms with Crippen LogP contribution in [0.2, 0.25) is 0 Å². The molecule has 1 aliphatic heterocycles. The average Bonchev–Trinajstić information content (AvgIpc) is 2.82. The van der Waals surface area contributed by atoms with Gasteiger partial charge in [0.15, 0.2) is 0 Å². The first-order valence-electron chi connectivity index (χ1n) is 9.02. The molecule has 0 unspecified atom stereocenters. The normalized spacial score (nSPS) is 16.1. The van der Waals surface area contributed by atoms with E-state index in [0.717, 1.165) is 0 Å². The van der Waals surface area contributed by atoms with Crippen molar-refractivity contribution in [3.63, 3.8) is 0 Å². The summed E-state index contributed by atoms with van der Waals surface area (Å²) >= 11 is 0. The lowest BCUT2D eigenvalue weighted by Crippen LogP contribution is -2.39. The van der Waals surface area contributed by atoms with Gasteiger partial charge in [0.05, 0.1) is 4.52 Å². The maximum Gasteiger partial charge on any atom is 0.624 e. The van der Waals surface area contributed by atoms with Gasteiger partial charge in [-0.2, -0.15) is 0 Å². The van der Waals surface area contributed by atoms with Crippen LogP contribution in [-0.2, 0) is 55.9 Å². The standard InChI is InChI=1S/C18H20N3O12P3/c1-7-13(22)28-34(29-14(23)8-2)19-35(30-15(24)9-3,31-16(25)10-4)21-36(20-34,32-17(26)11-5)33-18(27)12-6/h7-12,19-20H,1-6H2/q+2. The van der Waals surface area contributed by atoms with Crippen molar-refractivity contribution >= 4 is 59.5 Å². The molecule has 1 rings (SSSR count). The first kappa shape index (κ1) is 30.3. The van der Waals surface area contributed by atoms with Crippen molar-refractivity contribution < 1.29 is 55.9 Å². The van der Waals surface area contributed by atoms with Gasteiger partial charge < -0.3 is 9.05 Å². The highest BCUT2D eigenvalue weighted by Gasteiger charge is 2.77. The third-order valence-corrected chi connectivity index (χ3v) is 11.6. The fourth-order valence-corrected chi connectivity index (χ4v) is 11.3. The molecule has 0 bridgehead atoms. The van der Waals surface area contributed by atoms with Crippen molar-refractivity contribution in [3.8, 4) is 0 Å². The Morgan fingerprint density at radius 1 is 0.583 bits per heavy atom. The molecule has 1 heterocycles. The Labute approximate surface area is 206 Å². The van der Waals surface area contributed by atoms with Gasteiger partial charge in [-0.25, -0.2) is 46.9 Å². The molecule has 15 nitrogen and oxygen atoms in total. The van der Waals surface area contributed by atoms with Gasteiger partial charge in [0.1, 0.15) is 4.86 Å². The molecule has 0 saturated carbocycles. The summed E-state index contributed by atoms with van der Waals surface area (Å²) < 4.78 is 34.6. The molecule has 0 aromatic heterocycles. The first-order valence-corrected chi connectivity index (χ1v) is 13.8. The minimum absolute atomic E-state index is 0.625. The maximum atomic E-state index is 12.2. The molecule has 0 saturated heterocycles. The van der Waals surface area contributed by atoms with E-state index in [1.165, 1.54) is 0 Å². The van der Waals surface area contributed by atoms with Gasteiger partial charge in [-0.3, -0.25) is 0 Å². The van der Waals surface area contributed by atoms with Gasteiger partial charge in [-0.05, 0) is 0 Å². The molecule has 36 heavy (non-hydrogen) atoms. The third-order valence-electron chi connectivity index (χ3n) is 3.04. The summed E-state index contributed by atoms with van der Waals surface area (Å²) in [4.78, 5) is 77.5. The molecule has 0 aromatic rings. The van der Waals surface area contributed by atoms with Crippen LogP contribution in [0.25, 0.3) is 0 Å². The number of nitrogens with one attached hydrogen (secondary N) is 2. The zero-order valence-corrected chi connectivity index (χ0v) is 21.1. The number of carbonyl (C=O) groups excluding carboxylic acids is 6. The Morgan fingerprint density at radius 2 is 0.917 bits per heavy atom. The maximum absolute atomic E-state index is 12.2. The summed E-state index contributed by atoms with van der Waals surface area (Å²) in [6.45, 7) is 19.2. The quantitative estimate of drug-likeness (QED) is 0.260. The number of carbonyl (C=O) groups is 6. The number of hydrogen-bond donors (Lipinski definition) is 2. The predicted molar refractivity (Wildman–Crippen MR) is 127 cm³/mol. The minimum atomic E-state index is -4.72. The van der Waals surface area contributed by atoms with Crippen LogP contribution in [0.15, 0.2) is 80.4 Å². The molecule has 2 N–H and O–H groups in total. The fraction of sp³-hybridized carbons (Fsp3) is 0. The van der Waals surface area contributed by atoms with Crippen LogP contribution in [0.4, 0.5) is 0 Å². The molecule has 0 atom stereocenters. The Bertz CT molecular complexity index is 1050. The molecule has 0 amide bonds. The third kappa shape index (κ3) is 8.19. The van der Waals surface area contributed by atoms with E-state index < -0.39 is 59.5 Å². The van der Waals surface area contributed by atoms with Crippen LogP contribution in [0.3, 0.4) is 0 Å². The van der Waals surface area contributed by atoms with Crippen LogP contribution in [-0.4, -0.2) is 35.8 Å². The predicted octanol–water partition coefficient (Wildman–Crippen LogP) is 2.86. The highest BCUT2D eigenvalue weighted by atomic mass is 31.3. The summed E-state index contributed by atoms with van der Waals surface area (Å²) in [5.74, 6) is -7.61. The largest absolute Gasteiger partial charge is 0.624 e. The molecule has 0 fully saturated rings. The van der Waals surface area contributed by atoms with E-state index in [1.54, 1.807) is 0 Å². The van der Waals surface area contributed by atoms with Crippen LogP contribution < -0.4 is 9.72 Å². The van der Waals surface area contributed by atoms with E-state index in [1.807, 2.05) is 0 Å². The Hall–Kier alpha value is -3.73. The van der Waals surface area contributed by atoms with Crippen molar-refractivity contribution in [3.05, 3.63) is 75.9 Å². The summed E-state index contributed by atoms with van der Waals surface area (Å²) in [6.07, 6.45) is 3.77. The average molecular weight is 563 g/mol. The number of nitrogens with zero attached hydrogens (tertiary/aromatic N) is 1. The molecule has 0 radical (unpaired) electrons. The molecule has 1 aliphatic rings. The number of hydrogen-bond acceptors (Lipinski definition) is 15. The van der Waals surface area contributed by atoms with E-state index in [2.05, 4.69) is 53.7 Å². The smallest absolute Gasteiger partial charge is 0.378 e. The second-order valence-corrected chi connectivity index (χ2v) is 12.2. The van der Waals surface area contributed by atoms with Gasteiger partial charge in [-0.1, -0.05) is 39.5 Å². The molecular formula is C18H20N3O12P3+2. The summed E-state index contributed by atoms with van der Waals surface area (Å²) in [7, 11) is -14.1. The fourth-order valence-electron chi connectivity index (χ4n) is 1.81. The van der Waals surface area contributed by atoms with Gasteiger partial charge in [0.25, 0.3) is 0 Å². The van der Waals surface area contributed by atoms with Gasteiger partial charge in [-0.15, -0.1) is 0 Å². The van der Waals surface area contributed by atoms with Crippen molar-refractivity contribution in [2.24, 2.45) is 4.52 Å². The summed E-state index contributed by atoms with van der Waals surface area (Å²) in [5.41, 5.74) is 0. The molecule has 0 aromatic carbocycles. The summed E-state index contributed by atoms with van der Waals surface area (Å²) in [6, 6.07) is 0. The Kier molecular flexibility index (Phi) is 10.8. The molecular weight excluding hydrogens is 543 g/mol. The van der Waals surface area contributed by atoms with E-state index >= 15 is 0 Å². The lowest BCUT2D eigenvalue weighted by atomic mass is 10.7. The zero-order valence-electron chi connectivity index (χ0n) is 18.4. The highest BCUT2D eigenvalue weighted by Crippen LogP contribution is 2.82. The van der Waals surface area contributed by atoms with Crippen LogP contribution in [0, 0.1) is 0 Å². The topological polar surface area (TPSA) is 194 Å². The second kappa shape index (κ2) is 12.8. The van der Waals surface area contributed by atoms with E-state index in [-0.39, 0.29) is 0 Å². The van der Waals surface area contributed by atoms with Gasteiger partial charge in [0, 0.05) is 41.3 Å². The highest BCUT2D eigenvalue weighted by molar-refractivity contribution is 7.89.